The summed E-state index contributed by atoms with van der Waals surface area (Å²) in [6.07, 6.45) is 9.87. The Hall–Kier alpha value is -3.02. The van der Waals surface area contributed by atoms with Crippen LogP contribution in [-0.4, -0.2) is 39.9 Å². The zero-order valence-electron chi connectivity index (χ0n) is 19.4. The molecule has 0 aliphatic heterocycles. The zero-order valence-corrected chi connectivity index (χ0v) is 20.1. The molecule has 0 atom stereocenters. The van der Waals surface area contributed by atoms with E-state index in [0.29, 0.717) is 29.6 Å². The maximum atomic E-state index is 14.0. The molecule has 2 aromatic carbocycles. The fourth-order valence-electron chi connectivity index (χ4n) is 5.20. The van der Waals surface area contributed by atoms with Crippen LogP contribution in [0.4, 0.5) is 0 Å². The van der Waals surface area contributed by atoms with Crippen molar-refractivity contribution in [2.75, 3.05) is 7.05 Å². The summed E-state index contributed by atoms with van der Waals surface area (Å²) in [5.41, 5.74) is 5.94. The second kappa shape index (κ2) is 10.1. The molecule has 1 saturated carbocycles. The Bertz CT molecular complexity index is 1200. The highest BCUT2D eigenvalue weighted by atomic mass is 35.5. The summed E-state index contributed by atoms with van der Waals surface area (Å²) < 4.78 is 0. The van der Waals surface area contributed by atoms with Crippen molar-refractivity contribution >= 4 is 22.5 Å². The number of carbonyl (C=O) groups is 1. The Morgan fingerprint density at radius 1 is 1.03 bits per heavy atom. The minimum atomic E-state index is 0.0579. The van der Waals surface area contributed by atoms with E-state index in [4.69, 9.17) is 11.6 Å². The third-order valence-corrected chi connectivity index (χ3v) is 7.56. The zero-order chi connectivity index (χ0) is 23.5. The fraction of sp³-hybridized carbons (Fsp3) is 0.321. The molecular weight excluding hydrogens is 444 g/mol. The van der Waals surface area contributed by atoms with Crippen LogP contribution < -0.4 is 5.32 Å². The Labute approximate surface area is 205 Å². The third kappa shape index (κ3) is 4.63. The summed E-state index contributed by atoms with van der Waals surface area (Å²) in [6.45, 7) is 0.555. The van der Waals surface area contributed by atoms with E-state index < -0.39 is 0 Å². The lowest BCUT2D eigenvalue weighted by molar-refractivity contribution is -0.130. The number of amides is 1. The van der Waals surface area contributed by atoms with Crippen molar-refractivity contribution in [1.29, 1.82) is 0 Å². The van der Waals surface area contributed by atoms with Crippen LogP contribution in [0, 0.1) is 0 Å². The van der Waals surface area contributed by atoms with Crippen molar-refractivity contribution in [3.05, 3.63) is 89.5 Å². The first-order valence-electron chi connectivity index (χ1n) is 11.9. The number of rotatable bonds is 6. The smallest absolute Gasteiger partial charge is 0.252 e. The normalized spacial score (nSPS) is 19.7. The van der Waals surface area contributed by atoms with E-state index in [1.165, 1.54) is 6.33 Å². The van der Waals surface area contributed by atoms with Gasteiger partial charge in [0.2, 0.25) is 0 Å². The van der Waals surface area contributed by atoms with E-state index in [2.05, 4.69) is 44.5 Å². The molecule has 1 heterocycles. The Morgan fingerprint density at radius 3 is 2.53 bits per heavy atom. The molecule has 0 unspecified atom stereocenters. The molecule has 2 aliphatic rings. The maximum absolute atomic E-state index is 14.0. The summed E-state index contributed by atoms with van der Waals surface area (Å²) in [5, 5.41) is 4.00. The van der Waals surface area contributed by atoms with E-state index in [0.717, 1.165) is 53.5 Å². The van der Waals surface area contributed by atoms with Crippen molar-refractivity contribution < 1.29 is 4.79 Å². The van der Waals surface area contributed by atoms with Crippen molar-refractivity contribution in [3.8, 4) is 11.1 Å². The molecule has 1 fully saturated rings. The first-order valence-corrected chi connectivity index (χ1v) is 12.3. The van der Waals surface area contributed by atoms with E-state index in [1.54, 1.807) is 0 Å². The van der Waals surface area contributed by atoms with Gasteiger partial charge in [0, 0.05) is 48.6 Å². The van der Waals surface area contributed by atoms with Crippen LogP contribution in [0.3, 0.4) is 0 Å². The van der Waals surface area contributed by atoms with Gasteiger partial charge < -0.3 is 10.2 Å². The Morgan fingerprint density at radius 2 is 1.79 bits per heavy atom. The standard InChI is InChI=1S/C28H29ClN4O/c1-30-23-9-11-24(12-10-23)33(28(34)26-14-21-6-2-3-8-25(21)27(26)29)17-19-5-4-7-20(13-19)22-15-31-18-32-16-22/h2-8,13,15-16,18,23-24,30H,9-12,14,17H2,1H3. The molecule has 0 radical (unpaired) electrons. The van der Waals surface area contributed by atoms with E-state index in [-0.39, 0.29) is 11.9 Å². The van der Waals surface area contributed by atoms with E-state index in [1.807, 2.05) is 43.7 Å². The minimum Gasteiger partial charge on any atom is -0.332 e. The van der Waals surface area contributed by atoms with Crippen LogP contribution in [0.25, 0.3) is 16.2 Å². The average molecular weight is 473 g/mol. The molecule has 5 nitrogen and oxygen atoms in total. The van der Waals surface area contributed by atoms with Crippen LogP contribution in [0.1, 0.15) is 42.4 Å². The first kappa shape index (κ1) is 22.8. The summed E-state index contributed by atoms with van der Waals surface area (Å²) in [4.78, 5) is 24.3. The highest BCUT2D eigenvalue weighted by Crippen LogP contribution is 2.37. The molecule has 0 spiro atoms. The number of halogens is 1. The largest absolute Gasteiger partial charge is 0.332 e. The van der Waals surface area contributed by atoms with E-state index in [9.17, 15) is 4.79 Å². The van der Waals surface area contributed by atoms with Crippen molar-refractivity contribution in [2.45, 2.75) is 50.7 Å². The van der Waals surface area contributed by atoms with Gasteiger partial charge in [-0.2, -0.15) is 0 Å². The third-order valence-electron chi connectivity index (χ3n) is 7.12. The number of hydrogen-bond acceptors (Lipinski definition) is 4. The van der Waals surface area contributed by atoms with Crippen LogP contribution >= 0.6 is 11.6 Å². The van der Waals surface area contributed by atoms with Crippen LogP contribution in [-0.2, 0) is 17.8 Å². The summed E-state index contributed by atoms with van der Waals surface area (Å²) in [6, 6.07) is 17.1. The van der Waals surface area contributed by atoms with Gasteiger partial charge in [-0.3, -0.25) is 4.79 Å². The Kier molecular flexibility index (Phi) is 6.75. The Balaban J connectivity index is 1.44. The quantitative estimate of drug-likeness (QED) is 0.535. The molecule has 3 aromatic rings. The highest BCUT2D eigenvalue weighted by molar-refractivity contribution is 6.51. The van der Waals surface area contributed by atoms with Gasteiger partial charge in [-0.15, -0.1) is 0 Å². The van der Waals surface area contributed by atoms with E-state index >= 15 is 0 Å². The molecular formula is C28H29ClN4O. The van der Waals surface area contributed by atoms with Gasteiger partial charge >= 0.3 is 0 Å². The lowest BCUT2D eigenvalue weighted by atomic mass is 9.89. The van der Waals surface area contributed by atoms with Crippen molar-refractivity contribution in [3.63, 3.8) is 0 Å². The van der Waals surface area contributed by atoms with Gasteiger partial charge in [0.1, 0.15) is 6.33 Å². The highest BCUT2D eigenvalue weighted by Gasteiger charge is 2.33. The van der Waals surface area contributed by atoms with Crippen LogP contribution in [0.5, 0.6) is 0 Å². The van der Waals surface area contributed by atoms with Crippen LogP contribution in [0.2, 0.25) is 0 Å². The second-order valence-electron chi connectivity index (χ2n) is 9.18. The predicted molar refractivity (Wildman–Crippen MR) is 136 cm³/mol. The molecule has 1 aromatic heterocycles. The SMILES string of the molecule is CNC1CCC(N(Cc2cccc(-c3cncnc3)c2)C(=O)C2=C(Cl)c3ccccc3C2)CC1. The molecule has 5 rings (SSSR count). The van der Waals surface area contributed by atoms with Crippen molar-refractivity contribution in [1.82, 2.24) is 20.2 Å². The number of carbonyl (C=O) groups excluding carboxylic acids is 1. The molecule has 1 amide bonds. The fourth-order valence-corrected chi connectivity index (χ4v) is 5.53. The summed E-state index contributed by atoms with van der Waals surface area (Å²) in [5.74, 6) is 0.0579. The lowest BCUT2D eigenvalue weighted by Crippen LogP contribution is -2.45. The van der Waals surface area contributed by atoms with Gasteiger partial charge in [-0.1, -0.05) is 54.1 Å². The predicted octanol–water partition coefficient (Wildman–Crippen LogP) is 5.21. The molecule has 0 bridgehead atoms. The number of benzene rings is 2. The molecule has 1 N–H and O–H groups in total. The van der Waals surface area contributed by atoms with Crippen molar-refractivity contribution in [2.24, 2.45) is 0 Å². The minimum absolute atomic E-state index is 0.0579. The van der Waals surface area contributed by atoms with Gasteiger partial charge in [0.25, 0.3) is 5.91 Å². The molecule has 0 saturated heterocycles. The number of fused-ring (bicyclic) bond motifs is 1. The number of aromatic nitrogens is 2. The number of nitrogens with one attached hydrogen (secondary N) is 1. The second-order valence-corrected chi connectivity index (χ2v) is 9.56. The number of nitrogens with zero attached hydrogens (tertiary/aromatic N) is 3. The number of hydrogen-bond donors (Lipinski definition) is 1. The average Bonchev–Trinajstić information content (AvgIpc) is 3.24. The lowest BCUT2D eigenvalue weighted by Gasteiger charge is -2.37. The van der Waals surface area contributed by atoms with Gasteiger partial charge in [0.15, 0.2) is 0 Å². The molecule has 6 heteroatoms. The van der Waals surface area contributed by atoms with Gasteiger partial charge in [-0.05, 0) is 61.1 Å². The van der Waals surface area contributed by atoms with Gasteiger partial charge in [0.05, 0.1) is 5.03 Å². The molecule has 34 heavy (non-hydrogen) atoms. The maximum Gasteiger partial charge on any atom is 0.252 e. The summed E-state index contributed by atoms with van der Waals surface area (Å²) >= 11 is 6.75. The molecule has 2 aliphatic carbocycles. The summed E-state index contributed by atoms with van der Waals surface area (Å²) in [7, 11) is 2.02. The first-order chi connectivity index (χ1) is 16.6. The topological polar surface area (TPSA) is 58.1 Å². The monoisotopic (exact) mass is 472 g/mol. The van der Waals surface area contributed by atoms with Gasteiger partial charge in [-0.25, -0.2) is 9.97 Å². The van der Waals surface area contributed by atoms with Crippen LogP contribution in [0.15, 0.2) is 72.8 Å². The molecule has 174 valence electrons.